The zero-order valence-corrected chi connectivity index (χ0v) is 13.4. The number of nitrogens with zero attached hydrogens (tertiary/aromatic N) is 3. The maximum Gasteiger partial charge on any atom is 0.269 e. The summed E-state index contributed by atoms with van der Waals surface area (Å²) in [5.74, 6) is -0.249. The molecule has 0 aliphatic rings. The largest absolute Gasteiger partial charge is 0.353 e. The number of likely N-dealkylation sites (N-methyl/N-ethyl adjacent to an activating group) is 1. The lowest BCUT2D eigenvalue weighted by atomic mass is 10.1. The molecule has 7 nitrogen and oxygen atoms in total. The Morgan fingerprint density at radius 2 is 1.96 bits per heavy atom. The minimum absolute atomic E-state index is 0.0310. The molecule has 0 bridgehead atoms. The Morgan fingerprint density at radius 3 is 2.43 bits per heavy atom. The van der Waals surface area contributed by atoms with Gasteiger partial charge in [0.1, 0.15) is 0 Å². The Morgan fingerprint density at radius 1 is 1.30 bits per heavy atom. The van der Waals surface area contributed by atoms with Gasteiger partial charge in [0, 0.05) is 43.2 Å². The van der Waals surface area contributed by atoms with Gasteiger partial charge in [-0.1, -0.05) is 0 Å². The van der Waals surface area contributed by atoms with Gasteiger partial charge in [-0.05, 0) is 38.4 Å². The SMILES string of the molecule is CN(C)C(CNC(=O)c1ccc([N+](=O)[O-])cc1)c1cccn1C. The van der Waals surface area contributed by atoms with E-state index in [2.05, 4.69) is 5.32 Å². The molecule has 0 radical (unpaired) electrons. The van der Waals surface area contributed by atoms with Crippen LogP contribution in [-0.2, 0) is 7.05 Å². The summed E-state index contributed by atoms with van der Waals surface area (Å²) in [5, 5.41) is 13.5. The maximum absolute atomic E-state index is 12.2. The summed E-state index contributed by atoms with van der Waals surface area (Å²) >= 11 is 0. The molecule has 2 aromatic rings. The molecule has 0 aliphatic heterocycles. The second-order valence-electron chi connectivity index (χ2n) is 5.54. The van der Waals surface area contributed by atoms with Gasteiger partial charge in [0.25, 0.3) is 11.6 Å². The van der Waals surface area contributed by atoms with Crippen molar-refractivity contribution in [3.05, 3.63) is 64.0 Å². The zero-order valence-electron chi connectivity index (χ0n) is 13.4. The molecule has 0 fully saturated rings. The Labute approximate surface area is 134 Å². The monoisotopic (exact) mass is 316 g/mol. The van der Waals surface area contributed by atoms with Gasteiger partial charge in [-0.3, -0.25) is 19.8 Å². The number of carbonyl (C=O) groups excluding carboxylic acids is 1. The number of aromatic nitrogens is 1. The summed E-state index contributed by atoms with van der Waals surface area (Å²) in [4.78, 5) is 24.4. The van der Waals surface area contributed by atoms with Gasteiger partial charge < -0.3 is 9.88 Å². The van der Waals surface area contributed by atoms with Crippen LogP contribution in [0.2, 0.25) is 0 Å². The summed E-state index contributed by atoms with van der Waals surface area (Å²) in [7, 11) is 5.87. The minimum Gasteiger partial charge on any atom is -0.353 e. The first-order chi connectivity index (χ1) is 10.9. The summed E-state index contributed by atoms with van der Waals surface area (Å²) in [6.07, 6.45) is 1.96. The fraction of sp³-hybridized carbons (Fsp3) is 0.312. The smallest absolute Gasteiger partial charge is 0.269 e. The molecule has 1 atom stereocenters. The van der Waals surface area contributed by atoms with Crippen LogP contribution < -0.4 is 5.32 Å². The Hall–Kier alpha value is -2.67. The molecule has 0 saturated carbocycles. The van der Waals surface area contributed by atoms with E-state index in [0.29, 0.717) is 12.1 Å². The molecule has 0 spiro atoms. The maximum atomic E-state index is 12.2. The van der Waals surface area contributed by atoms with Crippen LogP contribution in [0, 0.1) is 10.1 Å². The molecule has 1 unspecified atom stereocenters. The van der Waals surface area contributed by atoms with Crippen molar-refractivity contribution >= 4 is 11.6 Å². The van der Waals surface area contributed by atoms with Crippen molar-refractivity contribution in [1.82, 2.24) is 14.8 Å². The minimum atomic E-state index is -0.487. The van der Waals surface area contributed by atoms with E-state index in [-0.39, 0.29) is 17.6 Å². The predicted octanol–water partition coefficient (Wildman–Crippen LogP) is 1.97. The number of nitro groups is 1. The molecule has 1 N–H and O–H groups in total. The van der Waals surface area contributed by atoms with Crippen LogP contribution in [0.1, 0.15) is 22.1 Å². The summed E-state index contributed by atoms with van der Waals surface area (Å²) < 4.78 is 2.02. The third-order valence-electron chi connectivity index (χ3n) is 3.74. The number of rotatable bonds is 6. The first-order valence-electron chi connectivity index (χ1n) is 7.20. The van der Waals surface area contributed by atoms with E-state index in [0.717, 1.165) is 5.69 Å². The lowest BCUT2D eigenvalue weighted by Gasteiger charge is -2.25. The molecule has 122 valence electrons. The molecule has 1 heterocycles. The van der Waals surface area contributed by atoms with Gasteiger partial charge in [-0.15, -0.1) is 0 Å². The number of hydrogen-bond acceptors (Lipinski definition) is 4. The first kappa shape index (κ1) is 16.7. The third-order valence-corrected chi connectivity index (χ3v) is 3.74. The van der Waals surface area contributed by atoms with Gasteiger partial charge in [0.2, 0.25) is 0 Å². The van der Waals surface area contributed by atoms with E-state index in [1.165, 1.54) is 24.3 Å². The first-order valence-corrected chi connectivity index (χ1v) is 7.20. The summed E-state index contributed by atoms with van der Waals surface area (Å²) in [5.41, 5.74) is 1.47. The number of aryl methyl sites for hydroxylation is 1. The highest BCUT2D eigenvalue weighted by atomic mass is 16.6. The van der Waals surface area contributed by atoms with Crippen molar-refractivity contribution in [3.8, 4) is 0 Å². The van der Waals surface area contributed by atoms with E-state index in [4.69, 9.17) is 0 Å². The van der Waals surface area contributed by atoms with E-state index >= 15 is 0 Å². The van der Waals surface area contributed by atoms with Crippen molar-refractivity contribution in [1.29, 1.82) is 0 Å². The lowest BCUT2D eigenvalue weighted by molar-refractivity contribution is -0.384. The number of benzene rings is 1. The highest BCUT2D eigenvalue weighted by Crippen LogP contribution is 2.17. The van der Waals surface area contributed by atoms with Crippen LogP contribution in [0.5, 0.6) is 0 Å². The highest BCUT2D eigenvalue weighted by Gasteiger charge is 2.18. The normalized spacial score (nSPS) is 12.2. The third kappa shape index (κ3) is 3.95. The highest BCUT2D eigenvalue weighted by molar-refractivity contribution is 5.94. The number of non-ortho nitro benzene ring substituents is 1. The standard InChI is InChI=1S/C16H20N4O3/c1-18(2)15(14-5-4-10-19(14)3)11-17-16(21)12-6-8-13(9-7-12)20(22)23/h4-10,15H,11H2,1-3H3,(H,17,21). The predicted molar refractivity (Wildman–Crippen MR) is 87.3 cm³/mol. The fourth-order valence-corrected chi connectivity index (χ4v) is 2.40. The quantitative estimate of drug-likeness (QED) is 0.652. The average molecular weight is 316 g/mol. The van der Waals surface area contributed by atoms with Crippen molar-refractivity contribution < 1.29 is 9.72 Å². The molecule has 2 rings (SSSR count). The van der Waals surface area contributed by atoms with Crippen LogP contribution in [0.25, 0.3) is 0 Å². The van der Waals surface area contributed by atoms with Gasteiger partial charge in [-0.25, -0.2) is 0 Å². The average Bonchev–Trinajstić information content (AvgIpc) is 2.93. The molecule has 7 heteroatoms. The molecule has 1 aromatic heterocycles. The summed E-state index contributed by atoms with van der Waals surface area (Å²) in [6, 6.07) is 9.59. The van der Waals surface area contributed by atoms with Gasteiger partial charge in [0.05, 0.1) is 11.0 Å². The molecular formula is C16H20N4O3. The van der Waals surface area contributed by atoms with Crippen molar-refractivity contribution in [2.24, 2.45) is 7.05 Å². The number of hydrogen-bond donors (Lipinski definition) is 1. The van der Waals surface area contributed by atoms with Crippen LogP contribution in [0.4, 0.5) is 5.69 Å². The van der Waals surface area contributed by atoms with E-state index in [9.17, 15) is 14.9 Å². The second kappa shape index (κ2) is 7.06. The van der Waals surface area contributed by atoms with Crippen molar-refractivity contribution in [3.63, 3.8) is 0 Å². The van der Waals surface area contributed by atoms with Crippen LogP contribution >= 0.6 is 0 Å². The lowest BCUT2D eigenvalue weighted by Crippen LogP contribution is -2.35. The Bertz CT molecular complexity index is 692. The molecular weight excluding hydrogens is 296 g/mol. The number of amides is 1. The van der Waals surface area contributed by atoms with Gasteiger partial charge in [-0.2, -0.15) is 0 Å². The van der Waals surface area contributed by atoms with Crippen LogP contribution in [0.3, 0.4) is 0 Å². The molecule has 23 heavy (non-hydrogen) atoms. The number of nitrogens with one attached hydrogen (secondary N) is 1. The molecule has 1 aromatic carbocycles. The van der Waals surface area contributed by atoms with E-state index < -0.39 is 4.92 Å². The zero-order chi connectivity index (χ0) is 17.0. The van der Waals surface area contributed by atoms with Crippen molar-refractivity contribution in [2.45, 2.75) is 6.04 Å². The second-order valence-corrected chi connectivity index (χ2v) is 5.54. The fourth-order valence-electron chi connectivity index (χ4n) is 2.40. The number of carbonyl (C=O) groups is 1. The summed E-state index contributed by atoms with van der Waals surface area (Å²) in [6.45, 7) is 0.445. The molecule has 0 aliphatic carbocycles. The van der Waals surface area contributed by atoms with Gasteiger partial charge >= 0.3 is 0 Å². The Balaban J connectivity index is 2.04. The van der Waals surface area contributed by atoms with Crippen LogP contribution in [-0.4, -0.2) is 40.9 Å². The van der Waals surface area contributed by atoms with Gasteiger partial charge in [0.15, 0.2) is 0 Å². The molecule has 1 amide bonds. The Kier molecular flexibility index (Phi) is 5.13. The van der Waals surface area contributed by atoms with Crippen LogP contribution in [0.15, 0.2) is 42.6 Å². The van der Waals surface area contributed by atoms with E-state index in [1.54, 1.807) is 0 Å². The molecule has 0 saturated heterocycles. The number of nitro benzene ring substituents is 1. The van der Waals surface area contributed by atoms with E-state index in [1.807, 2.05) is 48.9 Å². The van der Waals surface area contributed by atoms with Crippen molar-refractivity contribution in [2.75, 3.05) is 20.6 Å². The topological polar surface area (TPSA) is 80.4 Å².